The number of rotatable bonds is 4. The zero-order chi connectivity index (χ0) is 11.8. The minimum atomic E-state index is -0.349. The molecule has 0 aliphatic rings. The number of aliphatic hydroxyl groups excluding tert-OH is 1. The number of aliphatic hydroxyl groups is 1. The molecule has 0 spiro atoms. The van der Waals surface area contributed by atoms with Crippen LogP contribution in [0.15, 0.2) is 30.3 Å². The van der Waals surface area contributed by atoms with Crippen LogP contribution < -0.4 is 10.6 Å². The lowest BCUT2D eigenvalue weighted by atomic mass is 10.2. The molecule has 86 valence electrons. The first-order chi connectivity index (χ1) is 7.76. The lowest BCUT2D eigenvalue weighted by molar-refractivity contribution is 0.253. The molecule has 0 heterocycles. The van der Waals surface area contributed by atoms with Crippen LogP contribution in [-0.4, -0.2) is 23.7 Å². The Balaban J connectivity index is 2.67. The van der Waals surface area contributed by atoms with Crippen molar-refractivity contribution in [1.82, 2.24) is 5.32 Å². The predicted molar refractivity (Wildman–Crippen MR) is 65.4 cm³/mol. The quantitative estimate of drug-likeness (QED) is 0.557. The predicted octanol–water partition coefficient (Wildman–Crippen LogP) is 2.01. The van der Waals surface area contributed by atoms with Gasteiger partial charge >= 0.3 is 6.03 Å². The average Bonchev–Trinajstić information content (AvgIpc) is 2.27. The van der Waals surface area contributed by atoms with E-state index in [0.29, 0.717) is 5.69 Å². The van der Waals surface area contributed by atoms with Gasteiger partial charge in [-0.3, -0.25) is 0 Å². The lowest BCUT2D eigenvalue weighted by Crippen LogP contribution is -2.27. The molecule has 0 atom stereocenters. The number of carbonyl (C=O) groups is 1. The van der Waals surface area contributed by atoms with E-state index in [1.165, 1.54) is 0 Å². The van der Waals surface area contributed by atoms with Crippen LogP contribution in [0, 0.1) is 0 Å². The number of anilines is 1. The number of halogens is 1. The maximum atomic E-state index is 11.2. The fourth-order valence-corrected chi connectivity index (χ4v) is 1.27. The number of alkyl halides is 1. The molecular weight excluding hydrogens is 228 g/mol. The molecule has 16 heavy (non-hydrogen) atoms. The van der Waals surface area contributed by atoms with Gasteiger partial charge in [0.05, 0.1) is 12.6 Å². The maximum Gasteiger partial charge on any atom is 0.320 e. The van der Waals surface area contributed by atoms with E-state index in [9.17, 15) is 4.79 Å². The monoisotopic (exact) mass is 240 g/mol. The third kappa shape index (κ3) is 4.33. The number of nitrogens with one attached hydrogen (secondary N) is 2. The Hall–Kier alpha value is -1.52. The standard InChI is InChI=1S/C11H13ClN2O2/c12-8-13-11(16)14-10-5-1-3-9(7-10)4-2-6-15/h1-5,7,15H,6,8H2,(H2,13,14,16)/b4-2+. The second-order valence-corrected chi connectivity index (χ2v) is 3.24. The SMILES string of the molecule is O=C(NCCl)Nc1cccc(/C=C/CO)c1. The summed E-state index contributed by atoms with van der Waals surface area (Å²) in [4.78, 5) is 11.2. The van der Waals surface area contributed by atoms with Crippen molar-refractivity contribution in [2.75, 3.05) is 17.9 Å². The van der Waals surface area contributed by atoms with Crippen molar-refractivity contribution in [2.45, 2.75) is 0 Å². The Bertz CT molecular complexity index is 380. The van der Waals surface area contributed by atoms with Gasteiger partial charge in [0.25, 0.3) is 0 Å². The number of urea groups is 1. The molecule has 3 N–H and O–H groups in total. The van der Waals surface area contributed by atoms with Crippen LogP contribution in [0.1, 0.15) is 5.56 Å². The molecule has 0 aliphatic heterocycles. The van der Waals surface area contributed by atoms with E-state index in [1.54, 1.807) is 24.3 Å². The third-order valence-corrected chi connectivity index (χ3v) is 1.92. The summed E-state index contributed by atoms with van der Waals surface area (Å²) in [5.74, 6) is 0. The Morgan fingerprint density at radius 3 is 3.00 bits per heavy atom. The summed E-state index contributed by atoms with van der Waals surface area (Å²) < 4.78 is 0. The summed E-state index contributed by atoms with van der Waals surface area (Å²) in [5.41, 5.74) is 1.57. The van der Waals surface area contributed by atoms with Crippen LogP contribution in [0.2, 0.25) is 0 Å². The van der Waals surface area contributed by atoms with E-state index in [2.05, 4.69) is 10.6 Å². The summed E-state index contributed by atoms with van der Waals surface area (Å²) in [6.07, 6.45) is 3.39. The molecule has 1 aromatic carbocycles. The smallest absolute Gasteiger partial charge is 0.320 e. The third-order valence-electron chi connectivity index (χ3n) is 1.79. The van der Waals surface area contributed by atoms with Crippen LogP contribution in [0.4, 0.5) is 10.5 Å². The van der Waals surface area contributed by atoms with Crippen molar-refractivity contribution in [3.8, 4) is 0 Å². The van der Waals surface area contributed by atoms with Crippen LogP contribution in [0.3, 0.4) is 0 Å². The highest BCUT2D eigenvalue weighted by molar-refractivity contribution is 6.18. The zero-order valence-corrected chi connectivity index (χ0v) is 9.37. The van der Waals surface area contributed by atoms with E-state index in [-0.39, 0.29) is 18.6 Å². The van der Waals surface area contributed by atoms with Gasteiger partial charge in [0.1, 0.15) is 0 Å². The number of benzene rings is 1. The average molecular weight is 241 g/mol. The highest BCUT2D eigenvalue weighted by Crippen LogP contribution is 2.11. The van der Waals surface area contributed by atoms with Crippen LogP contribution in [-0.2, 0) is 0 Å². The molecule has 0 radical (unpaired) electrons. The summed E-state index contributed by atoms with van der Waals surface area (Å²) in [6.45, 7) is -0.00953. The normalized spacial score (nSPS) is 10.4. The summed E-state index contributed by atoms with van der Waals surface area (Å²) in [7, 11) is 0. The van der Waals surface area contributed by atoms with Crippen molar-refractivity contribution in [3.63, 3.8) is 0 Å². The largest absolute Gasteiger partial charge is 0.392 e. The van der Waals surface area contributed by atoms with Gasteiger partial charge in [-0.1, -0.05) is 24.3 Å². The van der Waals surface area contributed by atoms with Crippen LogP contribution in [0.5, 0.6) is 0 Å². The van der Waals surface area contributed by atoms with E-state index >= 15 is 0 Å². The molecule has 0 fully saturated rings. The Morgan fingerprint density at radius 2 is 2.31 bits per heavy atom. The van der Waals surface area contributed by atoms with Gasteiger partial charge in [-0.05, 0) is 17.7 Å². The molecule has 2 amide bonds. The first-order valence-corrected chi connectivity index (χ1v) is 5.28. The van der Waals surface area contributed by atoms with Gasteiger partial charge in [-0.25, -0.2) is 4.79 Å². The molecular formula is C11H13ClN2O2. The van der Waals surface area contributed by atoms with Gasteiger partial charge in [-0.15, -0.1) is 11.6 Å². The molecule has 1 rings (SSSR count). The molecule has 0 unspecified atom stereocenters. The van der Waals surface area contributed by atoms with E-state index in [4.69, 9.17) is 16.7 Å². The number of hydrogen-bond donors (Lipinski definition) is 3. The second kappa shape index (κ2) is 6.87. The highest BCUT2D eigenvalue weighted by Gasteiger charge is 1.99. The first kappa shape index (κ1) is 12.5. The van der Waals surface area contributed by atoms with Gasteiger partial charge < -0.3 is 15.7 Å². The van der Waals surface area contributed by atoms with Crippen molar-refractivity contribution in [1.29, 1.82) is 0 Å². The topological polar surface area (TPSA) is 61.4 Å². The number of hydrogen-bond acceptors (Lipinski definition) is 2. The summed E-state index contributed by atoms with van der Waals surface area (Å²) in [6, 6.07) is 6.96. The van der Waals surface area contributed by atoms with Crippen molar-refractivity contribution >= 4 is 29.4 Å². The Kier molecular flexibility index (Phi) is 5.39. The molecule has 4 nitrogen and oxygen atoms in total. The molecule has 1 aromatic rings. The van der Waals surface area contributed by atoms with Crippen LogP contribution in [0.25, 0.3) is 6.08 Å². The van der Waals surface area contributed by atoms with Gasteiger partial charge in [0.15, 0.2) is 0 Å². The molecule has 5 heteroatoms. The van der Waals surface area contributed by atoms with Crippen molar-refractivity contribution in [2.24, 2.45) is 0 Å². The van der Waals surface area contributed by atoms with E-state index < -0.39 is 0 Å². The van der Waals surface area contributed by atoms with Crippen molar-refractivity contribution in [3.05, 3.63) is 35.9 Å². The first-order valence-electron chi connectivity index (χ1n) is 4.74. The van der Waals surface area contributed by atoms with Gasteiger partial charge in [-0.2, -0.15) is 0 Å². The minimum absolute atomic E-state index is 0.00953. The Morgan fingerprint density at radius 1 is 1.50 bits per heavy atom. The highest BCUT2D eigenvalue weighted by atomic mass is 35.5. The second-order valence-electron chi connectivity index (χ2n) is 2.97. The molecule has 0 aliphatic carbocycles. The van der Waals surface area contributed by atoms with E-state index in [1.807, 2.05) is 12.1 Å². The fourth-order valence-electron chi connectivity index (χ4n) is 1.14. The minimum Gasteiger partial charge on any atom is -0.392 e. The maximum absolute atomic E-state index is 11.2. The van der Waals surface area contributed by atoms with Crippen LogP contribution >= 0.6 is 11.6 Å². The molecule has 0 aromatic heterocycles. The molecule has 0 saturated carbocycles. The Labute approximate surface area is 98.9 Å². The number of amides is 2. The van der Waals surface area contributed by atoms with Gasteiger partial charge in [0.2, 0.25) is 0 Å². The molecule has 0 bridgehead atoms. The van der Waals surface area contributed by atoms with Crippen molar-refractivity contribution < 1.29 is 9.90 Å². The molecule has 0 saturated heterocycles. The van der Waals surface area contributed by atoms with E-state index in [0.717, 1.165) is 5.56 Å². The summed E-state index contributed by atoms with van der Waals surface area (Å²) >= 11 is 5.35. The van der Waals surface area contributed by atoms with Gasteiger partial charge in [0, 0.05) is 5.69 Å². The zero-order valence-electron chi connectivity index (χ0n) is 8.61. The number of carbonyl (C=O) groups excluding carboxylic acids is 1. The summed E-state index contributed by atoms with van der Waals surface area (Å²) in [5, 5.41) is 13.7. The lowest BCUT2D eigenvalue weighted by Gasteiger charge is -2.05. The fraction of sp³-hybridized carbons (Fsp3) is 0.182.